The molecule has 1 heterocycles. The Labute approximate surface area is 156 Å². The van der Waals surface area contributed by atoms with E-state index in [0.717, 1.165) is 6.26 Å². The molecule has 0 radical (unpaired) electrons. The van der Waals surface area contributed by atoms with E-state index in [9.17, 15) is 18.0 Å². The average molecular weight is 391 g/mol. The second-order valence-electron chi connectivity index (χ2n) is 5.90. The van der Waals surface area contributed by atoms with Gasteiger partial charge in [0.05, 0.1) is 10.5 Å². The van der Waals surface area contributed by atoms with E-state index >= 15 is 0 Å². The van der Waals surface area contributed by atoms with E-state index in [-0.39, 0.29) is 17.3 Å². The first-order valence-corrected chi connectivity index (χ1v) is 9.85. The summed E-state index contributed by atoms with van der Waals surface area (Å²) >= 11 is 0. The van der Waals surface area contributed by atoms with Crippen molar-refractivity contribution < 1.29 is 32.2 Å². The summed E-state index contributed by atoms with van der Waals surface area (Å²) in [6.07, 6.45) is -0.0522. The Kier molecular flexibility index (Phi) is 5.04. The highest BCUT2D eigenvalue weighted by Gasteiger charge is 2.21. The molecule has 1 N–H and O–H groups in total. The average Bonchev–Trinajstić information content (AvgIpc) is 3.08. The minimum Gasteiger partial charge on any atom is -0.454 e. The third-order valence-electron chi connectivity index (χ3n) is 3.79. The number of amides is 1. The molecule has 0 spiro atoms. The van der Waals surface area contributed by atoms with Gasteiger partial charge in [-0.1, -0.05) is 6.07 Å². The summed E-state index contributed by atoms with van der Waals surface area (Å²) in [6, 6.07) is 10.3. The maximum atomic E-state index is 12.2. The summed E-state index contributed by atoms with van der Waals surface area (Å²) in [5.74, 6) is -0.247. The van der Waals surface area contributed by atoms with Crippen molar-refractivity contribution in [1.29, 1.82) is 0 Å². The maximum absolute atomic E-state index is 12.2. The number of anilines is 1. The zero-order chi connectivity index (χ0) is 19.6. The van der Waals surface area contributed by atoms with Gasteiger partial charge < -0.3 is 19.5 Å². The normalized spacial score (nSPS) is 13.7. The number of nitrogens with one attached hydrogen (secondary N) is 1. The zero-order valence-electron chi connectivity index (χ0n) is 14.6. The molecule has 0 aliphatic carbocycles. The molecule has 9 heteroatoms. The van der Waals surface area contributed by atoms with Crippen molar-refractivity contribution in [2.45, 2.75) is 17.9 Å². The highest BCUT2D eigenvalue weighted by atomic mass is 32.2. The standard InChI is InChI=1S/C18H17NO7S/c1-11(17(20)19-13-6-7-15-16(9-13)25-10-24-15)26-18(21)12-4-3-5-14(8-12)27(2,22)23/h3-9,11H,10H2,1-2H3,(H,19,20)/t11-/m0/s1. The molecule has 1 amide bonds. The number of hydrogen-bond acceptors (Lipinski definition) is 7. The van der Waals surface area contributed by atoms with Gasteiger partial charge in [-0.3, -0.25) is 4.79 Å². The Balaban J connectivity index is 1.65. The maximum Gasteiger partial charge on any atom is 0.338 e. The Morgan fingerprint density at radius 3 is 2.59 bits per heavy atom. The van der Waals surface area contributed by atoms with Crippen molar-refractivity contribution in [3.05, 3.63) is 48.0 Å². The van der Waals surface area contributed by atoms with Crippen LogP contribution in [0.5, 0.6) is 11.5 Å². The van der Waals surface area contributed by atoms with Gasteiger partial charge in [0.2, 0.25) is 6.79 Å². The molecule has 8 nitrogen and oxygen atoms in total. The molecule has 1 atom stereocenters. The summed E-state index contributed by atoms with van der Waals surface area (Å²) in [7, 11) is -3.46. The van der Waals surface area contributed by atoms with Crippen molar-refractivity contribution in [3.8, 4) is 11.5 Å². The van der Waals surface area contributed by atoms with Gasteiger partial charge in [-0.2, -0.15) is 0 Å². The zero-order valence-corrected chi connectivity index (χ0v) is 15.4. The Hall–Kier alpha value is -3.07. The molecular weight excluding hydrogens is 374 g/mol. The fourth-order valence-corrected chi connectivity index (χ4v) is 3.02. The fraction of sp³-hybridized carbons (Fsp3) is 0.222. The molecule has 0 unspecified atom stereocenters. The van der Waals surface area contributed by atoms with Crippen molar-refractivity contribution in [3.63, 3.8) is 0 Å². The lowest BCUT2D eigenvalue weighted by molar-refractivity contribution is -0.123. The number of ether oxygens (including phenoxy) is 3. The SMILES string of the molecule is C[C@H](OC(=O)c1cccc(S(C)(=O)=O)c1)C(=O)Nc1ccc2c(c1)OCO2. The number of sulfone groups is 1. The topological polar surface area (TPSA) is 108 Å². The van der Waals surface area contributed by atoms with E-state index in [2.05, 4.69) is 5.32 Å². The lowest BCUT2D eigenvalue weighted by Crippen LogP contribution is -2.30. The van der Waals surface area contributed by atoms with Crippen LogP contribution in [-0.2, 0) is 19.4 Å². The van der Waals surface area contributed by atoms with Crippen LogP contribution in [-0.4, -0.2) is 39.4 Å². The highest BCUT2D eigenvalue weighted by Crippen LogP contribution is 2.34. The Bertz CT molecular complexity index is 1000. The minimum atomic E-state index is -3.46. The van der Waals surface area contributed by atoms with E-state index < -0.39 is 27.8 Å². The summed E-state index contributed by atoms with van der Waals surface area (Å²) in [5, 5.41) is 2.62. The van der Waals surface area contributed by atoms with Crippen LogP contribution in [0.2, 0.25) is 0 Å². The predicted molar refractivity (Wildman–Crippen MR) is 95.6 cm³/mol. The number of fused-ring (bicyclic) bond motifs is 1. The summed E-state index contributed by atoms with van der Waals surface area (Å²) in [5.41, 5.74) is 0.506. The van der Waals surface area contributed by atoms with Crippen LogP contribution in [0, 0.1) is 0 Å². The first kappa shape index (κ1) is 18.7. The quantitative estimate of drug-likeness (QED) is 0.777. The van der Waals surface area contributed by atoms with Crippen molar-refractivity contribution >= 4 is 27.4 Å². The number of hydrogen-bond donors (Lipinski definition) is 1. The van der Waals surface area contributed by atoms with Crippen LogP contribution in [0.25, 0.3) is 0 Å². The highest BCUT2D eigenvalue weighted by molar-refractivity contribution is 7.90. The number of benzene rings is 2. The van der Waals surface area contributed by atoms with E-state index in [1.807, 2.05) is 0 Å². The third kappa shape index (κ3) is 4.37. The Morgan fingerprint density at radius 1 is 1.11 bits per heavy atom. The molecular formula is C18H17NO7S. The predicted octanol–water partition coefficient (Wildman–Crippen LogP) is 2.00. The summed E-state index contributed by atoms with van der Waals surface area (Å²) in [4.78, 5) is 24.5. The first-order chi connectivity index (χ1) is 12.7. The van der Waals surface area contributed by atoms with Gasteiger partial charge >= 0.3 is 5.97 Å². The van der Waals surface area contributed by atoms with Crippen LogP contribution < -0.4 is 14.8 Å². The fourth-order valence-electron chi connectivity index (χ4n) is 2.35. The van der Waals surface area contributed by atoms with Crippen LogP contribution in [0.3, 0.4) is 0 Å². The van der Waals surface area contributed by atoms with Gasteiger partial charge in [0.25, 0.3) is 5.91 Å². The van der Waals surface area contributed by atoms with Crippen LogP contribution in [0.1, 0.15) is 17.3 Å². The van der Waals surface area contributed by atoms with Crippen LogP contribution in [0.4, 0.5) is 5.69 Å². The van der Waals surface area contributed by atoms with Gasteiger partial charge in [-0.05, 0) is 37.3 Å². The van der Waals surface area contributed by atoms with E-state index in [0.29, 0.717) is 17.2 Å². The number of rotatable bonds is 5. The molecule has 0 fully saturated rings. The van der Waals surface area contributed by atoms with E-state index in [4.69, 9.17) is 14.2 Å². The monoisotopic (exact) mass is 391 g/mol. The van der Waals surface area contributed by atoms with Crippen molar-refractivity contribution in [2.75, 3.05) is 18.4 Å². The van der Waals surface area contributed by atoms with Crippen molar-refractivity contribution in [2.24, 2.45) is 0 Å². The smallest absolute Gasteiger partial charge is 0.338 e. The second kappa shape index (κ2) is 7.28. The summed E-state index contributed by atoms with van der Waals surface area (Å²) in [6.45, 7) is 1.54. The molecule has 1 aliphatic heterocycles. The molecule has 2 aromatic carbocycles. The molecule has 3 rings (SSSR count). The molecule has 27 heavy (non-hydrogen) atoms. The van der Waals surface area contributed by atoms with Crippen LogP contribution in [0.15, 0.2) is 47.4 Å². The van der Waals surface area contributed by atoms with E-state index in [1.54, 1.807) is 18.2 Å². The third-order valence-corrected chi connectivity index (χ3v) is 4.90. The number of carbonyl (C=O) groups excluding carboxylic acids is 2. The minimum absolute atomic E-state index is 0.00517. The van der Waals surface area contributed by atoms with Gasteiger partial charge in [-0.25, -0.2) is 13.2 Å². The van der Waals surface area contributed by atoms with Gasteiger partial charge in [0.15, 0.2) is 27.4 Å². The lowest BCUT2D eigenvalue weighted by Gasteiger charge is -2.14. The molecule has 0 saturated carbocycles. The van der Waals surface area contributed by atoms with E-state index in [1.165, 1.54) is 31.2 Å². The number of esters is 1. The van der Waals surface area contributed by atoms with Gasteiger partial charge in [0, 0.05) is 18.0 Å². The molecule has 0 bridgehead atoms. The molecule has 2 aromatic rings. The van der Waals surface area contributed by atoms with Gasteiger partial charge in [-0.15, -0.1) is 0 Å². The molecule has 0 aromatic heterocycles. The molecule has 1 aliphatic rings. The largest absolute Gasteiger partial charge is 0.454 e. The first-order valence-electron chi connectivity index (χ1n) is 7.95. The molecule has 0 saturated heterocycles. The molecule has 142 valence electrons. The Morgan fingerprint density at radius 2 is 1.85 bits per heavy atom. The van der Waals surface area contributed by atoms with Crippen LogP contribution >= 0.6 is 0 Å². The summed E-state index contributed by atoms with van der Waals surface area (Å²) < 4.78 is 38.7. The number of carbonyl (C=O) groups is 2. The van der Waals surface area contributed by atoms with Gasteiger partial charge in [0.1, 0.15) is 0 Å². The van der Waals surface area contributed by atoms with Crippen molar-refractivity contribution in [1.82, 2.24) is 0 Å². The second-order valence-corrected chi connectivity index (χ2v) is 7.92. The lowest BCUT2D eigenvalue weighted by atomic mass is 10.2.